The third-order valence-corrected chi connectivity index (χ3v) is 5.71. The number of anilines is 1. The number of imidazole rings is 1. The number of halogens is 1. The van der Waals surface area contributed by atoms with Gasteiger partial charge in [0.05, 0.1) is 11.9 Å². The van der Waals surface area contributed by atoms with E-state index in [1.54, 1.807) is 24.8 Å². The molecular formula is C19H19ClN6OS. The average Bonchev–Trinajstić information content (AvgIpc) is 3.21. The SMILES string of the molecule is O=C(CSc1nccn1-c1cccc(Cl)c1)N1CCN(c2cnccn2)CC1. The predicted octanol–water partition coefficient (Wildman–Crippen LogP) is 2.76. The summed E-state index contributed by atoms with van der Waals surface area (Å²) in [6, 6.07) is 7.57. The van der Waals surface area contributed by atoms with Crippen LogP contribution in [0.4, 0.5) is 5.82 Å². The van der Waals surface area contributed by atoms with Gasteiger partial charge in [-0.1, -0.05) is 29.4 Å². The van der Waals surface area contributed by atoms with Crippen LogP contribution in [-0.2, 0) is 4.79 Å². The van der Waals surface area contributed by atoms with Gasteiger partial charge < -0.3 is 9.80 Å². The Morgan fingerprint density at radius 2 is 1.96 bits per heavy atom. The van der Waals surface area contributed by atoms with Crippen LogP contribution in [0.3, 0.4) is 0 Å². The van der Waals surface area contributed by atoms with Crippen LogP contribution in [0, 0.1) is 0 Å². The Morgan fingerprint density at radius 1 is 1.11 bits per heavy atom. The lowest BCUT2D eigenvalue weighted by molar-refractivity contribution is -0.128. The molecule has 0 spiro atoms. The van der Waals surface area contributed by atoms with Crippen LogP contribution in [0.15, 0.2) is 60.4 Å². The van der Waals surface area contributed by atoms with Crippen LogP contribution in [0.5, 0.6) is 0 Å². The molecule has 3 aromatic rings. The highest BCUT2D eigenvalue weighted by Crippen LogP contribution is 2.23. The van der Waals surface area contributed by atoms with Gasteiger partial charge in [-0.2, -0.15) is 0 Å². The molecule has 144 valence electrons. The van der Waals surface area contributed by atoms with Crippen LogP contribution < -0.4 is 4.90 Å². The van der Waals surface area contributed by atoms with Gasteiger partial charge >= 0.3 is 0 Å². The van der Waals surface area contributed by atoms with Gasteiger partial charge in [0, 0.05) is 61.7 Å². The van der Waals surface area contributed by atoms with E-state index in [4.69, 9.17) is 11.6 Å². The first kappa shape index (κ1) is 18.8. The maximum atomic E-state index is 12.6. The zero-order valence-corrected chi connectivity index (χ0v) is 16.7. The fourth-order valence-electron chi connectivity index (χ4n) is 3.08. The lowest BCUT2D eigenvalue weighted by atomic mass is 10.3. The molecule has 28 heavy (non-hydrogen) atoms. The molecule has 0 radical (unpaired) electrons. The lowest BCUT2D eigenvalue weighted by Gasteiger charge is -2.35. The monoisotopic (exact) mass is 414 g/mol. The van der Waals surface area contributed by atoms with Crippen LogP contribution in [0.25, 0.3) is 5.69 Å². The Bertz CT molecular complexity index is 942. The van der Waals surface area contributed by atoms with Crippen molar-refractivity contribution in [3.05, 3.63) is 60.3 Å². The Morgan fingerprint density at radius 3 is 2.71 bits per heavy atom. The average molecular weight is 415 g/mol. The van der Waals surface area contributed by atoms with Gasteiger partial charge in [-0.25, -0.2) is 9.97 Å². The summed E-state index contributed by atoms with van der Waals surface area (Å²) < 4.78 is 1.94. The van der Waals surface area contributed by atoms with E-state index in [0.29, 0.717) is 23.9 Å². The van der Waals surface area contributed by atoms with Gasteiger partial charge in [0.1, 0.15) is 5.82 Å². The van der Waals surface area contributed by atoms with Crippen molar-refractivity contribution in [2.75, 3.05) is 36.8 Å². The number of aromatic nitrogens is 4. The van der Waals surface area contributed by atoms with Crippen molar-refractivity contribution in [1.82, 2.24) is 24.4 Å². The van der Waals surface area contributed by atoms with Crippen molar-refractivity contribution >= 4 is 35.1 Å². The summed E-state index contributed by atoms with van der Waals surface area (Å²) in [4.78, 5) is 29.5. The van der Waals surface area contributed by atoms with E-state index in [-0.39, 0.29) is 5.91 Å². The molecule has 9 heteroatoms. The zero-order chi connectivity index (χ0) is 19.3. The minimum Gasteiger partial charge on any atom is -0.352 e. The van der Waals surface area contributed by atoms with Crippen molar-refractivity contribution in [2.45, 2.75) is 5.16 Å². The van der Waals surface area contributed by atoms with Crippen molar-refractivity contribution < 1.29 is 4.79 Å². The van der Waals surface area contributed by atoms with Gasteiger partial charge in [-0.15, -0.1) is 0 Å². The fraction of sp³-hybridized carbons (Fsp3) is 0.263. The minimum atomic E-state index is 0.115. The number of carbonyl (C=O) groups excluding carboxylic acids is 1. The molecule has 1 aliphatic heterocycles. The highest BCUT2D eigenvalue weighted by Gasteiger charge is 2.22. The van der Waals surface area contributed by atoms with E-state index in [1.165, 1.54) is 11.8 Å². The summed E-state index contributed by atoms with van der Waals surface area (Å²) in [5.74, 6) is 1.32. The number of rotatable bonds is 5. The quantitative estimate of drug-likeness (QED) is 0.598. The molecule has 0 aliphatic carbocycles. The number of piperazine rings is 1. The minimum absolute atomic E-state index is 0.115. The van der Waals surface area contributed by atoms with Crippen molar-refractivity contribution in [3.63, 3.8) is 0 Å². The molecule has 3 heterocycles. The van der Waals surface area contributed by atoms with E-state index < -0.39 is 0 Å². The van der Waals surface area contributed by atoms with Gasteiger partial charge in [0.2, 0.25) is 5.91 Å². The van der Waals surface area contributed by atoms with Crippen molar-refractivity contribution in [2.24, 2.45) is 0 Å². The summed E-state index contributed by atoms with van der Waals surface area (Å²) >= 11 is 7.52. The summed E-state index contributed by atoms with van der Waals surface area (Å²) in [6.45, 7) is 2.87. The molecule has 1 aromatic carbocycles. The molecule has 4 rings (SSSR count). The molecule has 2 aromatic heterocycles. The second kappa shape index (κ2) is 8.62. The van der Waals surface area contributed by atoms with Gasteiger partial charge in [0.25, 0.3) is 0 Å². The molecule has 1 amide bonds. The number of hydrogen-bond donors (Lipinski definition) is 0. The van der Waals surface area contributed by atoms with Gasteiger partial charge in [-0.3, -0.25) is 14.3 Å². The molecule has 0 atom stereocenters. The topological polar surface area (TPSA) is 67.2 Å². The molecule has 0 saturated carbocycles. The summed E-state index contributed by atoms with van der Waals surface area (Å²) in [6.07, 6.45) is 8.70. The number of amides is 1. The third kappa shape index (κ3) is 4.28. The van der Waals surface area contributed by atoms with Crippen LogP contribution >= 0.6 is 23.4 Å². The Kier molecular flexibility index (Phi) is 5.78. The third-order valence-electron chi connectivity index (χ3n) is 4.52. The van der Waals surface area contributed by atoms with Gasteiger partial charge in [-0.05, 0) is 18.2 Å². The summed E-state index contributed by atoms with van der Waals surface area (Å²) in [7, 11) is 0. The van der Waals surface area contributed by atoms with Crippen LogP contribution in [-0.4, -0.2) is 62.3 Å². The van der Waals surface area contributed by atoms with E-state index >= 15 is 0 Å². The molecule has 7 nitrogen and oxygen atoms in total. The first-order chi connectivity index (χ1) is 13.7. The first-order valence-electron chi connectivity index (χ1n) is 8.91. The smallest absolute Gasteiger partial charge is 0.233 e. The molecular weight excluding hydrogens is 396 g/mol. The molecule has 1 fully saturated rings. The molecule has 0 N–H and O–H groups in total. The molecule has 1 saturated heterocycles. The largest absolute Gasteiger partial charge is 0.352 e. The maximum absolute atomic E-state index is 12.6. The molecule has 1 aliphatic rings. The van der Waals surface area contributed by atoms with Crippen molar-refractivity contribution in [3.8, 4) is 5.69 Å². The first-order valence-corrected chi connectivity index (χ1v) is 10.3. The highest BCUT2D eigenvalue weighted by molar-refractivity contribution is 7.99. The number of thioether (sulfide) groups is 1. The normalized spacial score (nSPS) is 14.3. The maximum Gasteiger partial charge on any atom is 0.233 e. The van der Waals surface area contributed by atoms with E-state index in [0.717, 1.165) is 29.8 Å². The number of carbonyl (C=O) groups is 1. The molecule has 0 bridgehead atoms. The highest BCUT2D eigenvalue weighted by atomic mass is 35.5. The number of hydrogen-bond acceptors (Lipinski definition) is 6. The second-order valence-electron chi connectivity index (χ2n) is 6.28. The predicted molar refractivity (Wildman–Crippen MR) is 110 cm³/mol. The number of nitrogens with zero attached hydrogens (tertiary/aromatic N) is 6. The summed E-state index contributed by atoms with van der Waals surface area (Å²) in [5, 5.41) is 1.44. The fourth-order valence-corrected chi connectivity index (χ4v) is 4.14. The van der Waals surface area contributed by atoms with Crippen LogP contribution in [0.2, 0.25) is 5.02 Å². The zero-order valence-electron chi connectivity index (χ0n) is 15.1. The van der Waals surface area contributed by atoms with Crippen LogP contribution in [0.1, 0.15) is 0 Å². The van der Waals surface area contributed by atoms with E-state index in [2.05, 4.69) is 19.9 Å². The Labute approximate surface area is 172 Å². The molecule has 0 unspecified atom stereocenters. The lowest BCUT2D eigenvalue weighted by Crippen LogP contribution is -2.49. The Hall–Kier alpha value is -2.58. The number of benzene rings is 1. The van der Waals surface area contributed by atoms with Gasteiger partial charge in [0.15, 0.2) is 5.16 Å². The standard InChI is InChI=1S/C19H19ClN6OS/c20-15-2-1-3-16(12-15)26-7-6-23-19(26)28-14-18(27)25-10-8-24(9-11-25)17-13-21-4-5-22-17/h1-7,12-13H,8-11,14H2. The summed E-state index contributed by atoms with van der Waals surface area (Å²) in [5.41, 5.74) is 0.928. The Balaban J connectivity index is 1.33. The van der Waals surface area contributed by atoms with E-state index in [9.17, 15) is 4.79 Å². The van der Waals surface area contributed by atoms with E-state index in [1.807, 2.05) is 39.9 Å². The van der Waals surface area contributed by atoms with Crippen molar-refractivity contribution in [1.29, 1.82) is 0 Å². The second-order valence-corrected chi connectivity index (χ2v) is 7.66.